The SMILES string of the molecule is COc1ccccc1Sc1ncccc1C(C)=O. The first kappa shape index (κ1) is 12.6. The number of hydrogen-bond donors (Lipinski definition) is 0. The molecule has 0 atom stereocenters. The molecule has 92 valence electrons. The van der Waals surface area contributed by atoms with E-state index >= 15 is 0 Å². The number of nitrogens with zero attached hydrogens (tertiary/aromatic N) is 1. The minimum atomic E-state index is 0.0143. The van der Waals surface area contributed by atoms with Crippen molar-refractivity contribution in [2.75, 3.05) is 7.11 Å². The zero-order valence-corrected chi connectivity index (χ0v) is 11.0. The van der Waals surface area contributed by atoms with Gasteiger partial charge in [-0.25, -0.2) is 4.98 Å². The van der Waals surface area contributed by atoms with E-state index in [1.165, 1.54) is 11.8 Å². The highest BCUT2D eigenvalue weighted by atomic mass is 32.2. The maximum absolute atomic E-state index is 11.5. The van der Waals surface area contributed by atoms with Gasteiger partial charge in [-0.3, -0.25) is 4.79 Å². The molecule has 1 aromatic heterocycles. The molecule has 0 aliphatic carbocycles. The Balaban J connectivity index is 2.37. The fourth-order valence-corrected chi connectivity index (χ4v) is 2.59. The van der Waals surface area contributed by atoms with Gasteiger partial charge in [0.05, 0.1) is 12.0 Å². The second kappa shape index (κ2) is 5.69. The van der Waals surface area contributed by atoms with Crippen LogP contribution in [0.15, 0.2) is 52.5 Å². The second-order valence-electron chi connectivity index (χ2n) is 3.67. The number of methoxy groups -OCH3 is 1. The summed E-state index contributed by atoms with van der Waals surface area (Å²) in [5.74, 6) is 0.795. The summed E-state index contributed by atoms with van der Waals surface area (Å²) >= 11 is 1.44. The summed E-state index contributed by atoms with van der Waals surface area (Å²) in [4.78, 5) is 16.7. The van der Waals surface area contributed by atoms with E-state index < -0.39 is 0 Å². The van der Waals surface area contributed by atoms with Crippen molar-refractivity contribution < 1.29 is 9.53 Å². The van der Waals surface area contributed by atoms with Crippen molar-refractivity contribution in [2.45, 2.75) is 16.8 Å². The van der Waals surface area contributed by atoms with Gasteiger partial charge in [0.2, 0.25) is 0 Å². The first-order valence-corrected chi connectivity index (χ1v) is 6.31. The third-order valence-electron chi connectivity index (χ3n) is 2.43. The summed E-state index contributed by atoms with van der Waals surface area (Å²) in [7, 11) is 1.63. The van der Waals surface area contributed by atoms with Crippen molar-refractivity contribution in [3.63, 3.8) is 0 Å². The first-order chi connectivity index (χ1) is 8.72. The maximum atomic E-state index is 11.5. The lowest BCUT2D eigenvalue weighted by Crippen LogP contribution is -1.97. The molecule has 0 unspecified atom stereocenters. The molecule has 0 aliphatic heterocycles. The van der Waals surface area contributed by atoms with Crippen LogP contribution in [0.5, 0.6) is 5.75 Å². The molecular weight excluding hydrogens is 246 g/mol. The zero-order valence-electron chi connectivity index (χ0n) is 10.2. The lowest BCUT2D eigenvalue weighted by molar-refractivity contribution is 0.101. The largest absolute Gasteiger partial charge is 0.496 e. The maximum Gasteiger partial charge on any atom is 0.162 e. The molecule has 0 saturated heterocycles. The van der Waals surface area contributed by atoms with Crippen molar-refractivity contribution >= 4 is 17.5 Å². The van der Waals surface area contributed by atoms with Gasteiger partial charge in [-0.05, 0) is 31.2 Å². The van der Waals surface area contributed by atoms with Crippen LogP contribution in [-0.4, -0.2) is 17.9 Å². The minimum Gasteiger partial charge on any atom is -0.496 e. The number of aromatic nitrogens is 1. The molecule has 18 heavy (non-hydrogen) atoms. The number of benzene rings is 1. The van der Waals surface area contributed by atoms with Crippen LogP contribution in [0.3, 0.4) is 0 Å². The van der Waals surface area contributed by atoms with Crippen LogP contribution in [0, 0.1) is 0 Å². The fourth-order valence-electron chi connectivity index (χ4n) is 1.55. The van der Waals surface area contributed by atoms with Gasteiger partial charge in [0.25, 0.3) is 0 Å². The third-order valence-corrected chi connectivity index (χ3v) is 3.50. The predicted octanol–water partition coefficient (Wildman–Crippen LogP) is 3.44. The molecule has 2 aromatic rings. The molecule has 2 rings (SSSR count). The van der Waals surface area contributed by atoms with Crippen LogP contribution in [0.25, 0.3) is 0 Å². The molecular formula is C14H13NO2S. The standard InChI is InChI=1S/C14H13NO2S/c1-10(16)11-6-5-9-15-14(11)18-13-8-4-3-7-12(13)17-2/h3-9H,1-2H3. The van der Waals surface area contributed by atoms with E-state index in [1.54, 1.807) is 32.4 Å². The second-order valence-corrected chi connectivity index (χ2v) is 4.70. The lowest BCUT2D eigenvalue weighted by Gasteiger charge is -2.08. The zero-order chi connectivity index (χ0) is 13.0. The number of para-hydroxylation sites is 1. The highest BCUT2D eigenvalue weighted by Crippen LogP contribution is 2.35. The van der Waals surface area contributed by atoms with E-state index in [2.05, 4.69) is 4.98 Å². The Morgan fingerprint density at radius 2 is 2.00 bits per heavy atom. The molecule has 0 N–H and O–H groups in total. The van der Waals surface area contributed by atoms with Crippen molar-refractivity contribution in [1.29, 1.82) is 0 Å². The van der Waals surface area contributed by atoms with Crippen LogP contribution in [0.2, 0.25) is 0 Å². The van der Waals surface area contributed by atoms with Crippen LogP contribution in [-0.2, 0) is 0 Å². The average Bonchev–Trinajstić information content (AvgIpc) is 2.40. The molecule has 0 spiro atoms. The van der Waals surface area contributed by atoms with E-state index in [0.29, 0.717) is 10.6 Å². The molecule has 0 amide bonds. The predicted molar refractivity (Wildman–Crippen MR) is 71.4 cm³/mol. The average molecular weight is 259 g/mol. The van der Waals surface area contributed by atoms with Gasteiger partial charge in [-0.1, -0.05) is 23.9 Å². The van der Waals surface area contributed by atoms with Crippen molar-refractivity contribution in [3.8, 4) is 5.75 Å². The van der Waals surface area contributed by atoms with Gasteiger partial charge in [0.1, 0.15) is 10.8 Å². The number of carbonyl (C=O) groups excluding carboxylic acids is 1. The number of hydrogen-bond acceptors (Lipinski definition) is 4. The van der Waals surface area contributed by atoms with Crippen molar-refractivity contribution in [1.82, 2.24) is 4.98 Å². The summed E-state index contributed by atoms with van der Waals surface area (Å²) < 4.78 is 5.28. The summed E-state index contributed by atoms with van der Waals surface area (Å²) in [6.07, 6.45) is 1.68. The Morgan fingerprint density at radius 3 is 2.72 bits per heavy atom. The Morgan fingerprint density at radius 1 is 1.22 bits per heavy atom. The van der Waals surface area contributed by atoms with Crippen LogP contribution >= 0.6 is 11.8 Å². The number of ether oxygens (including phenoxy) is 1. The Hall–Kier alpha value is -1.81. The Bertz CT molecular complexity index is 569. The summed E-state index contributed by atoms with van der Waals surface area (Å²) in [6.45, 7) is 1.54. The molecule has 0 radical (unpaired) electrons. The molecule has 3 nitrogen and oxygen atoms in total. The van der Waals surface area contributed by atoms with E-state index in [0.717, 1.165) is 10.6 Å². The van der Waals surface area contributed by atoms with E-state index in [4.69, 9.17) is 4.74 Å². The normalized spacial score (nSPS) is 10.1. The molecule has 1 heterocycles. The highest BCUT2D eigenvalue weighted by molar-refractivity contribution is 7.99. The Labute approximate surface area is 110 Å². The van der Waals surface area contributed by atoms with Gasteiger partial charge < -0.3 is 4.74 Å². The molecule has 0 fully saturated rings. The van der Waals surface area contributed by atoms with E-state index in [1.807, 2.05) is 24.3 Å². The van der Waals surface area contributed by atoms with Gasteiger partial charge in [0, 0.05) is 11.8 Å². The molecule has 0 saturated carbocycles. The van der Waals surface area contributed by atoms with Crippen LogP contribution in [0.4, 0.5) is 0 Å². The number of carbonyl (C=O) groups is 1. The molecule has 0 aliphatic rings. The number of rotatable bonds is 4. The van der Waals surface area contributed by atoms with E-state index in [-0.39, 0.29) is 5.78 Å². The molecule has 1 aromatic carbocycles. The monoisotopic (exact) mass is 259 g/mol. The summed E-state index contributed by atoms with van der Waals surface area (Å²) in [5.41, 5.74) is 0.633. The minimum absolute atomic E-state index is 0.0143. The number of pyridine rings is 1. The third kappa shape index (κ3) is 2.71. The first-order valence-electron chi connectivity index (χ1n) is 5.49. The van der Waals surface area contributed by atoms with Crippen molar-refractivity contribution in [2.24, 2.45) is 0 Å². The molecule has 0 bridgehead atoms. The topological polar surface area (TPSA) is 39.2 Å². The van der Waals surface area contributed by atoms with Crippen LogP contribution in [0.1, 0.15) is 17.3 Å². The fraction of sp³-hybridized carbons (Fsp3) is 0.143. The van der Waals surface area contributed by atoms with E-state index in [9.17, 15) is 4.79 Å². The van der Waals surface area contributed by atoms with Crippen molar-refractivity contribution in [3.05, 3.63) is 48.2 Å². The molecule has 4 heteroatoms. The number of ketones is 1. The smallest absolute Gasteiger partial charge is 0.162 e. The number of Topliss-reactive ketones (excluding diaryl/α,β-unsaturated/α-hetero) is 1. The summed E-state index contributed by atoms with van der Waals surface area (Å²) in [6, 6.07) is 11.2. The van der Waals surface area contributed by atoms with Gasteiger partial charge >= 0.3 is 0 Å². The van der Waals surface area contributed by atoms with Gasteiger partial charge in [-0.2, -0.15) is 0 Å². The highest BCUT2D eigenvalue weighted by Gasteiger charge is 2.11. The van der Waals surface area contributed by atoms with Gasteiger partial charge in [0.15, 0.2) is 5.78 Å². The van der Waals surface area contributed by atoms with Crippen LogP contribution < -0.4 is 4.74 Å². The lowest BCUT2D eigenvalue weighted by atomic mass is 10.2. The Kier molecular flexibility index (Phi) is 3.99. The quantitative estimate of drug-likeness (QED) is 0.788. The van der Waals surface area contributed by atoms with Gasteiger partial charge in [-0.15, -0.1) is 0 Å². The summed E-state index contributed by atoms with van der Waals surface area (Å²) in [5, 5.41) is 0.703.